The molecule has 1 atom stereocenters. The SMILES string of the molecule is CCCCCCCCCCCCCCCCCCCCC(=O)OC[C@H](COC(=O)CCCCCCCCCCCCCC)OC(=O)CCCCCCCCCCCCCC(C)C. The lowest BCUT2D eigenvalue weighted by Crippen LogP contribution is -2.30. The van der Waals surface area contributed by atoms with Gasteiger partial charge >= 0.3 is 17.9 Å². The van der Waals surface area contributed by atoms with E-state index in [2.05, 4.69) is 27.7 Å². The maximum atomic E-state index is 12.8. The number of esters is 3. The highest BCUT2D eigenvalue weighted by Crippen LogP contribution is 2.18. The first-order valence-electron chi connectivity index (χ1n) is 27.9. The zero-order valence-electron chi connectivity index (χ0n) is 42.3. The molecule has 0 heterocycles. The molecular weight excluding hydrogens is 769 g/mol. The van der Waals surface area contributed by atoms with Gasteiger partial charge in [0, 0.05) is 19.3 Å². The molecule has 368 valence electrons. The molecule has 0 saturated carbocycles. The largest absolute Gasteiger partial charge is 0.462 e. The Morgan fingerprint density at radius 2 is 0.532 bits per heavy atom. The Kier molecular flexibility index (Phi) is 49.1. The number of rotatable bonds is 51. The van der Waals surface area contributed by atoms with Crippen LogP contribution in [0.3, 0.4) is 0 Å². The second-order valence-electron chi connectivity index (χ2n) is 19.7. The average Bonchev–Trinajstić information content (AvgIpc) is 3.26. The fourth-order valence-electron chi connectivity index (χ4n) is 8.57. The van der Waals surface area contributed by atoms with Gasteiger partial charge in [-0.2, -0.15) is 0 Å². The average molecular weight is 877 g/mol. The summed E-state index contributed by atoms with van der Waals surface area (Å²) in [5.41, 5.74) is 0. The van der Waals surface area contributed by atoms with E-state index < -0.39 is 6.10 Å². The highest BCUT2D eigenvalue weighted by atomic mass is 16.6. The van der Waals surface area contributed by atoms with E-state index in [4.69, 9.17) is 14.2 Å². The van der Waals surface area contributed by atoms with E-state index in [1.807, 2.05) is 0 Å². The van der Waals surface area contributed by atoms with Crippen molar-refractivity contribution < 1.29 is 28.6 Å². The number of ether oxygens (including phenoxy) is 3. The summed E-state index contributed by atoms with van der Waals surface area (Å²) < 4.78 is 16.9. The van der Waals surface area contributed by atoms with Gasteiger partial charge in [0.25, 0.3) is 0 Å². The summed E-state index contributed by atoms with van der Waals surface area (Å²) >= 11 is 0. The van der Waals surface area contributed by atoms with Crippen LogP contribution < -0.4 is 0 Å². The van der Waals surface area contributed by atoms with E-state index in [1.165, 1.54) is 212 Å². The molecule has 0 bridgehead atoms. The van der Waals surface area contributed by atoms with Crippen LogP contribution in [-0.4, -0.2) is 37.2 Å². The van der Waals surface area contributed by atoms with E-state index in [0.717, 1.165) is 63.7 Å². The Morgan fingerprint density at radius 1 is 0.306 bits per heavy atom. The summed E-state index contributed by atoms with van der Waals surface area (Å²) in [5.74, 6) is -0.0146. The van der Waals surface area contributed by atoms with Crippen LogP contribution in [0.1, 0.15) is 317 Å². The molecule has 0 saturated heterocycles. The quantitative estimate of drug-likeness (QED) is 0.0344. The van der Waals surface area contributed by atoms with Gasteiger partial charge in [-0.3, -0.25) is 14.4 Å². The Labute approximate surface area is 387 Å². The molecule has 0 aromatic carbocycles. The van der Waals surface area contributed by atoms with Gasteiger partial charge < -0.3 is 14.2 Å². The van der Waals surface area contributed by atoms with Gasteiger partial charge in [-0.15, -0.1) is 0 Å². The lowest BCUT2D eigenvalue weighted by molar-refractivity contribution is -0.167. The first-order valence-corrected chi connectivity index (χ1v) is 27.9. The molecule has 0 aliphatic heterocycles. The van der Waals surface area contributed by atoms with Gasteiger partial charge in [-0.05, 0) is 25.2 Å². The number of hydrogen-bond acceptors (Lipinski definition) is 6. The molecular formula is C56H108O6. The van der Waals surface area contributed by atoms with Crippen LogP contribution in [0.15, 0.2) is 0 Å². The number of unbranched alkanes of at least 4 members (excludes halogenated alkanes) is 38. The summed E-state index contributed by atoms with van der Waals surface area (Å²) in [6.45, 7) is 9.04. The van der Waals surface area contributed by atoms with Crippen molar-refractivity contribution in [3.05, 3.63) is 0 Å². The van der Waals surface area contributed by atoms with Gasteiger partial charge in [0.1, 0.15) is 13.2 Å². The summed E-state index contributed by atoms with van der Waals surface area (Å²) in [7, 11) is 0. The minimum atomic E-state index is -0.761. The molecule has 0 unspecified atom stereocenters. The van der Waals surface area contributed by atoms with Gasteiger partial charge in [0.05, 0.1) is 0 Å². The van der Waals surface area contributed by atoms with Crippen LogP contribution in [-0.2, 0) is 28.6 Å². The highest BCUT2D eigenvalue weighted by molar-refractivity contribution is 5.71. The van der Waals surface area contributed by atoms with Crippen LogP contribution >= 0.6 is 0 Å². The molecule has 0 amide bonds. The predicted molar refractivity (Wildman–Crippen MR) is 266 cm³/mol. The minimum absolute atomic E-state index is 0.0623. The van der Waals surface area contributed by atoms with Gasteiger partial charge in [0.15, 0.2) is 6.10 Å². The third kappa shape index (κ3) is 49.4. The number of hydrogen-bond donors (Lipinski definition) is 0. The maximum absolute atomic E-state index is 12.8. The van der Waals surface area contributed by atoms with Crippen LogP contribution in [0.5, 0.6) is 0 Å². The van der Waals surface area contributed by atoms with E-state index in [1.54, 1.807) is 0 Å². The Bertz CT molecular complexity index is 933. The molecule has 0 rings (SSSR count). The highest BCUT2D eigenvalue weighted by Gasteiger charge is 2.19. The molecule has 6 nitrogen and oxygen atoms in total. The maximum Gasteiger partial charge on any atom is 0.306 e. The summed E-state index contributed by atoms with van der Waals surface area (Å²) in [5, 5.41) is 0. The molecule has 0 aliphatic rings. The molecule has 62 heavy (non-hydrogen) atoms. The number of carbonyl (C=O) groups excluding carboxylic acids is 3. The fraction of sp³-hybridized carbons (Fsp3) is 0.946. The normalized spacial score (nSPS) is 12.0. The van der Waals surface area contributed by atoms with E-state index >= 15 is 0 Å². The monoisotopic (exact) mass is 877 g/mol. The zero-order chi connectivity index (χ0) is 45.2. The van der Waals surface area contributed by atoms with Gasteiger partial charge in [-0.25, -0.2) is 0 Å². The second-order valence-corrected chi connectivity index (χ2v) is 19.7. The Hall–Kier alpha value is -1.59. The molecule has 6 heteroatoms. The van der Waals surface area contributed by atoms with E-state index in [-0.39, 0.29) is 31.1 Å². The third-order valence-corrected chi connectivity index (χ3v) is 12.8. The van der Waals surface area contributed by atoms with Crippen molar-refractivity contribution in [2.45, 2.75) is 323 Å². The zero-order valence-corrected chi connectivity index (χ0v) is 42.3. The summed E-state index contributed by atoms with van der Waals surface area (Å²) in [6.07, 6.45) is 53.8. The van der Waals surface area contributed by atoms with Crippen LogP contribution in [0, 0.1) is 5.92 Å². The van der Waals surface area contributed by atoms with Crippen molar-refractivity contribution in [3.63, 3.8) is 0 Å². The predicted octanol–water partition coefficient (Wildman–Crippen LogP) is 18.2. The topological polar surface area (TPSA) is 78.9 Å². The molecule has 0 spiro atoms. The van der Waals surface area contributed by atoms with E-state index in [9.17, 15) is 14.4 Å². The van der Waals surface area contributed by atoms with Gasteiger partial charge in [-0.1, -0.05) is 278 Å². The summed E-state index contributed by atoms with van der Waals surface area (Å²) in [6, 6.07) is 0. The first-order chi connectivity index (χ1) is 30.4. The fourth-order valence-corrected chi connectivity index (χ4v) is 8.57. The standard InChI is InChI=1S/C56H108O6/c1-5-7-9-11-13-15-17-19-20-21-22-23-24-28-32-36-40-44-48-55(58)61-51-53(50-60-54(57)47-43-39-35-31-27-18-16-14-12-10-8-6-2)62-56(59)49-45-41-37-33-29-25-26-30-34-38-42-46-52(3)4/h52-53H,5-51H2,1-4H3/t53-/m0/s1. The van der Waals surface area contributed by atoms with Crippen molar-refractivity contribution in [1.29, 1.82) is 0 Å². The molecule has 0 aromatic rings. The first kappa shape index (κ1) is 60.4. The third-order valence-electron chi connectivity index (χ3n) is 12.8. The van der Waals surface area contributed by atoms with Crippen molar-refractivity contribution in [1.82, 2.24) is 0 Å². The molecule has 0 N–H and O–H groups in total. The lowest BCUT2D eigenvalue weighted by atomic mass is 10.0. The molecule has 0 aliphatic carbocycles. The molecule has 0 aromatic heterocycles. The molecule has 0 fully saturated rings. The van der Waals surface area contributed by atoms with Crippen molar-refractivity contribution >= 4 is 17.9 Å². The van der Waals surface area contributed by atoms with Crippen LogP contribution in [0.4, 0.5) is 0 Å². The Morgan fingerprint density at radius 3 is 0.790 bits per heavy atom. The number of carbonyl (C=O) groups is 3. The smallest absolute Gasteiger partial charge is 0.306 e. The molecule has 0 radical (unpaired) electrons. The van der Waals surface area contributed by atoms with Crippen LogP contribution in [0.25, 0.3) is 0 Å². The second kappa shape index (κ2) is 50.4. The van der Waals surface area contributed by atoms with Crippen molar-refractivity contribution in [2.75, 3.05) is 13.2 Å². The van der Waals surface area contributed by atoms with Crippen molar-refractivity contribution in [3.8, 4) is 0 Å². The summed E-state index contributed by atoms with van der Waals surface area (Å²) in [4.78, 5) is 38.0. The van der Waals surface area contributed by atoms with Gasteiger partial charge in [0.2, 0.25) is 0 Å². The lowest BCUT2D eigenvalue weighted by Gasteiger charge is -2.18. The van der Waals surface area contributed by atoms with Crippen LogP contribution in [0.2, 0.25) is 0 Å². The Balaban J connectivity index is 4.27. The van der Waals surface area contributed by atoms with E-state index in [0.29, 0.717) is 19.3 Å². The van der Waals surface area contributed by atoms with Crippen molar-refractivity contribution in [2.24, 2.45) is 5.92 Å². The minimum Gasteiger partial charge on any atom is -0.462 e.